The summed E-state index contributed by atoms with van der Waals surface area (Å²) in [6, 6.07) is 21.5. The van der Waals surface area contributed by atoms with Crippen molar-refractivity contribution in [1.82, 2.24) is 30.1 Å². The monoisotopic (exact) mass is 498 g/mol. The average molecular weight is 499 g/mol. The van der Waals surface area contributed by atoms with Crippen molar-refractivity contribution in [1.29, 1.82) is 0 Å². The molecule has 0 spiro atoms. The van der Waals surface area contributed by atoms with E-state index in [1.165, 1.54) is 5.56 Å². The van der Waals surface area contributed by atoms with Gasteiger partial charge in [-0.25, -0.2) is 4.68 Å². The maximum absolute atomic E-state index is 13.1. The molecule has 1 N–H and O–H groups in total. The fourth-order valence-corrected chi connectivity index (χ4v) is 4.67. The Morgan fingerprint density at radius 1 is 1.08 bits per heavy atom. The fourth-order valence-electron chi connectivity index (χ4n) is 4.67. The second-order valence-electron chi connectivity index (χ2n) is 8.98. The van der Waals surface area contributed by atoms with E-state index in [-0.39, 0.29) is 11.6 Å². The first kappa shape index (κ1) is 24.5. The molecule has 3 heterocycles. The second kappa shape index (κ2) is 11.2. The van der Waals surface area contributed by atoms with E-state index in [1.54, 1.807) is 13.4 Å². The van der Waals surface area contributed by atoms with Crippen LogP contribution >= 0.6 is 0 Å². The van der Waals surface area contributed by atoms with Crippen LogP contribution in [0.3, 0.4) is 0 Å². The van der Waals surface area contributed by atoms with E-state index in [4.69, 9.17) is 9.15 Å². The largest absolute Gasteiger partial charge is 0.497 e. The lowest BCUT2D eigenvalue weighted by molar-refractivity contribution is 0.148. The van der Waals surface area contributed by atoms with Gasteiger partial charge in [0, 0.05) is 29.6 Å². The Hall–Kier alpha value is -4.24. The second-order valence-corrected chi connectivity index (χ2v) is 8.98. The van der Waals surface area contributed by atoms with Crippen LogP contribution in [0.1, 0.15) is 42.1 Å². The van der Waals surface area contributed by atoms with E-state index in [0.29, 0.717) is 25.2 Å². The topological polar surface area (TPSA) is 102 Å². The number of aromatic nitrogens is 5. The van der Waals surface area contributed by atoms with Gasteiger partial charge in [0.1, 0.15) is 11.5 Å². The van der Waals surface area contributed by atoms with E-state index in [2.05, 4.69) is 44.5 Å². The minimum Gasteiger partial charge on any atom is -0.497 e. The highest BCUT2D eigenvalue weighted by molar-refractivity contribution is 5.80. The van der Waals surface area contributed by atoms with Gasteiger partial charge in [-0.15, -0.1) is 5.10 Å². The van der Waals surface area contributed by atoms with E-state index in [9.17, 15) is 4.79 Å². The molecular formula is C28H30N6O3. The highest BCUT2D eigenvalue weighted by Crippen LogP contribution is 2.27. The van der Waals surface area contributed by atoms with Crippen molar-refractivity contribution in [3.05, 3.63) is 106 Å². The van der Waals surface area contributed by atoms with E-state index < -0.39 is 0 Å². The number of nitrogens with one attached hydrogen (secondary N) is 1. The molecule has 0 aliphatic rings. The first-order valence-corrected chi connectivity index (χ1v) is 12.4. The SMILES string of the molecule is CC[C@@H](c1nnnn1CCc1ccccc1)N(Cc1ccco1)Cc1cc2cc(OC)ccc2[nH]c1=O. The third kappa shape index (κ3) is 5.62. The number of ether oxygens (including phenoxy) is 1. The summed E-state index contributed by atoms with van der Waals surface area (Å²) < 4.78 is 12.9. The zero-order valence-electron chi connectivity index (χ0n) is 21.0. The number of aromatic amines is 1. The van der Waals surface area contributed by atoms with Crippen LogP contribution in [0, 0.1) is 0 Å². The summed E-state index contributed by atoms with van der Waals surface area (Å²) in [4.78, 5) is 18.3. The van der Waals surface area contributed by atoms with Crippen LogP contribution in [0.25, 0.3) is 10.9 Å². The Morgan fingerprint density at radius 3 is 2.70 bits per heavy atom. The number of pyridine rings is 1. The first-order valence-electron chi connectivity index (χ1n) is 12.4. The number of aryl methyl sites for hydroxylation is 2. The van der Waals surface area contributed by atoms with Crippen molar-refractivity contribution < 1.29 is 9.15 Å². The summed E-state index contributed by atoms with van der Waals surface area (Å²) in [5, 5.41) is 13.6. The number of fused-ring (bicyclic) bond motifs is 1. The molecule has 0 aliphatic heterocycles. The Balaban J connectivity index is 1.46. The summed E-state index contributed by atoms with van der Waals surface area (Å²) in [5.74, 6) is 2.31. The molecule has 2 aromatic carbocycles. The number of rotatable bonds is 11. The highest BCUT2D eigenvalue weighted by atomic mass is 16.5. The highest BCUT2D eigenvalue weighted by Gasteiger charge is 2.26. The third-order valence-corrected chi connectivity index (χ3v) is 6.58. The minimum atomic E-state index is -0.128. The van der Waals surface area contributed by atoms with Crippen molar-refractivity contribution in [2.75, 3.05) is 7.11 Å². The number of tetrazole rings is 1. The van der Waals surface area contributed by atoms with Gasteiger partial charge in [0.2, 0.25) is 0 Å². The van der Waals surface area contributed by atoms with Gasteiger partial charge in [-0.2, -0.15) is 0 Å². The van der Waals surface area contributed by atoms with Gasteiger partial charge in [-0.1, -0.05) is 37.3 Å². The predicted molar refractivity (Wildman–Crippen MR) is 140 cm³/mol. The Morgan fingerprint density at radius 2 is 1.95 bits per heavy atom. The number of H-pyrrole nitrogens is 1. The van der Waals surface area contributed by atoms with Gasteiger partial charge in [0.15, 0.2) is 5.82 Å². The number of hydrogen-bond donors (Lipinski definition) is 1. The van der Waals surface area contributed by atoms with Crippen LogP contribution in [-0.2, 0) is 26.1 Å². The molecular weight excluding hydrogens is 468 g/mol. The lowest BCUT2D eigenvalue weighted by Crippen LogP contribution is -2.32. The average Bonchev–Trinajstić information content (AvgIpc) is 3.61. The Labute approximate surface area is 214 Å². The zero-order chi connectivity index (χ0) is 25.6. The molecule has 3 aromatic heterocycles. The lowest BCUT2D eigenvalue weighted by atomic mass is 10.1. The summed E-state index contributed by atoms with van der Waals surface area (Å²) in [6.45, 7) is 3.67. The van der Waals surface area contributed by atoms with Crippen molar-refractivity contribution in [3.63, 3.8) is 0 Å². The number of methoxy groups -OCH3 is 1. The molecule has 190 valence electrons. The van der Waals surface area contributed by atoms with Gasteiger partial charge in [-0.3, -0.25) is 9.69 Å². The van der Waals surface area contributed by atoms with Crippen molar-refractivity contribution in [2.24, 2.45) is 0 Å². The molecule has 0 fully saturated rings. The minimum absolute atomic E-state index is 0.124. The summed E-state index contributed by atoms with van der Waals surface area (Å²) in [5.41, 5.74) is 2.52. The quantitative estimate of drug-likeness (QED) is 0.286. The summed E-state index contributed by atoms with van der Waals surface area (Å²) in [7, 11) is 1.63. The van der Waals surface area contributed by atoms with Crippen LogP contribution in [0.4, 0.5) is 0 Å². The number of nitrogens with zero attached hydrogens (tertiary/aromatic N) is 5. The molecule has 0 aliphatic carbocycles. The van der Waals surface area contributed by atoms with Gasteiger partial charge >= 0.3 is 0 Å². The molecule has 0 radical (unpaired) electrons. The lowest BCUT2D eigenvalue weighted by Gasteiger charge is -2.29. The molecule has 37 heavy (non-hydrogen) atoms. The standard InChI is InChI=1S/C28H30N6O3/c1-3-26(27-30-31-32-34(27)14-13-20-8-5-4-6-9-20)33(19-24-10-7-15-37-24)18-22-16-21-17-23(36-2)11-12-25(21)29-28(22)35/h4-12,15-17,26H,3,13-14,18-19H2,1-2H3,(H,29,35)/t26-/m0/s1. The summed E-state index contributed by atoms with van der Waals surface area (Å²) in [6.07, 6.45) is 3.24. The van der Waals surface area contributed by atoms with Gasteiger partial charge in [0.25, 0.3) is 5.56 Å². The maximum Gasteiger partial charge on any atom is 0.252 e. The molecule has 9 nitrogen and oxygen atoms in total. The van der Waals surface area contributed by atoms with Crippen molar-refractivity contribution in [2.45, 2.75) is 45.4 Å². The first-order chi connectivity index (χ1) is 18.1. The predicted octanol–water partition coefficient (Wildman–Crippen LogP) is 4.51. The van der Waals surface area contributed by atoms with E-state index in [0.717, 1.165) is 41.1 Å². The van der Waals surface area contributed by atoms with E-state index in [1.807, 2.05) is 59.3 Å². The molecule has 0 amide bonds. The van der Waals surface area contributed by atoms with Crippen LogP contribution in [0.15, 0.2) is 82.2 Å². The van der Waals surface area contributed by atoms with Gasteiger partial charge in [0.05, 0.1) is 26.0 Å². The van der Waals surface area contributed by atoms with Crippen LogP contribution in [-0.4, -0.2) is 37.2 Å². The maximum atomic E-state index is 13.1. The normalized spacial score (nSPS) is 12.3. The zero-order valence-corrected chi connectivity index (χ0v) is 21.0. The molecule has 0 bridgehead atoms. The summed E-state index contributed by atoms with van der Waals surface area (Å²) >= 11 is 0. The molecule has 0 saturated heterocycles. The Bertz CT molecular complexity index is 1490. The van der Waals surface area contributed by atoms with Crippen molar-refractivity contribution in [3.8, 4) is 5.75 Å². The molecule has 9 heteroatoms. The molecule has 0 unspecified atom stereocenters. The number of benzene rings is 2. The van der Waals surface area contributed by atoms with Crippen LogP contribution in [0.5, 0.6) is 5.75 Å². The smallest absolute Gasteiger partial charge is 0.252 e. The number of furan rings is 1. The van der Waals surface area contributed by atoms with Crippen LogP contribution < -0.4 is 10.3 Å². The molecule has 0 saturated carbocycles. The van der Waals surface area contributed by atoms with E-state index >= 15 is 0 Å². The van der Waals surface area contributed by atoms with Gasteiger partial charge < -0.3 is 14.1 Å². The Kier molecular flexibility index (Phi) is 7.41. The fraction of sp³-hybridized carbons (Fsp3) is 0.286. The van der Waals surface area contributed by atoms with Crippen LogP contribution in [0.2, 0.25) is 0 Å². The molecule has 5 rings (SSSR count). The van der Waals surface area contributed by atoms with Gasteiger partial charge in [-0.05, 0) is 65.2 Å². The third-order valence-electron chi connectivity index (χ3n) is 6.58. The molecule has 5 aromatic rings. The van der Waals surface area contributed by atoms with Crippen molar-refractivity contribution >= 4 is 10.9 Å². The number of hydrogen-bond acceptors (Lipinski definition) is 7. The molecule has 1 atom stereocenters.